The number of benzene rings is 1. The molecule has 0 spiro atoms. The molecular formula is C14H23N3O4S. The predicted molar refractivity (Wildman–Crippen MR) is 86.1 cm³/mol. The largest absolute Gasteiger partial charge is 0.384 e. The lowest BCUT2D eigenvalue weighted by Crippen LogP contribution is -2.25. The van der Waals surface area contributed by atoms with Crippen molar-refractivity contribution in [1.82, 2.24) is 0 Å². The minimum atomic E-state index is -4.04. The Balaban J connectivity index is 3.12. The Morgan fingerprint density at radius 3 is 2.18 bits per heavy atom. The molecule has 0 heterocycles. The smallest absolute Gasteiger partial charge is 0.270 e. The van der Waals surface area contributed by atoms with E-state index in [4.69, 9.17) is 5.14 Å². The number of sulfonamides is 1. The highest BCUT2D eigenvalue weighted by Crippen LogP contribution is 2.27. The normalized spacial score (nSPS) is 12.2. The van der Waals surface area contributed by atoms with Crippen LogP contribution in [-0.4, -0.2) is 19.9 Å². The van der Waals surface area contributed by atoms with Crippen LogP contribution in [0.5, 0.6) is 0 Å². The van der Waals surface area contributed by atoms with Crippen LogP contribution in [0.4, 0.5) is 11.4 Å². The molecular weight excluding hydrogens is 306 g/mol. The van der Waals surface area contributed by atoms with Gasteiger partial charge in [-0.25, -0.2) is 13.6 Å². The van der Waals surface area contributed by atoms with E-state index < -0.39 is 14.9 Å². The number of nitrogens with one attached hydrogen (secondary N) is 1. The maximum atomic E-state index is 11.7. The highest BCUT2D eigenvalue weighted by atomic mass is 32.2. The molecule has 1 rings (SSSR count). The molecule has 0 aliphatic heterocycles. The number of non-ortho nitro benzene ring substituents is 1. The van der Waals surface area contributed by atoms with E-state index in [0.717, 1.165) is 6.07 Å². The number of rotatable bonds is 7. The van der Waals surface area contributed by atoms with E-state index in [2.05, 4.69) is 33.0 Å². The second-order valence-electron chi connectivity index (χ2n) is 6.02. The average molecular weight is 329 g/mol. The lowest BCUT2D eigenvalue weighted by atomic mass is 9.85. The Bertz CT molecular complexity index is 633. The van der Waals surface area contributed by atoms with E-state index in [1.165, 1.54) is 12.1 Å². The van der Waals surface area contributed by atoms with Gasteiger partial charge in [0, 0.05) is 18.7 Å². The molecule has 7 nitrogen and oxygen atoms in total. The Labute approximate surface area is 131 Å². The van der Waals surface area contributed by atoms with E-state index >= 15 is 0 Å². The SMILES string of the molecule is CC(C)C(CNc1ccc([N+](=O)[O-])cc1S(N)(=O)=O)C(C)C. The molecule has 0 atom stereocenters. The third kappa shape index (κ3) is 4.67. The molecule has 0 aliphatic rings. The zero-order valence-electron chi connectivity index (χ0n) is 13.2. The van der Waals surface area contributed by atoms with Gasteiger partial charge in [-0.1, -0.05) is 27.7 Å². The summed E-state index contributed by atoms with van der Waals surface area (Å²) in [6.07, 6.45) is 0. The first-order valence-electron chi connectivity index (χ1n) is 7.09. The van der Waals surface area contributed by atoms with Gasteiger partial charge in [0.15, 0.2) is 0 Å². The van der Waals surface area contributed by atoms with Crippen molar-refractivity contribution in [3.8, 4) is 0 Å². The first-order valence-corrected chi connectivity index (χ1v) is 8.63. The lowest BCUT2D eigenvalue weighted by Gasteiger charge is -2.26. The molecule has 0 saturated heterocycles. The van der Waals surface area contributed by atoms with Gasteiger partial charge in [-0.05, 0) is 23.8 Å². The molecule has 0 saturated carbocycles. The van der Waals surface area contributed by atoms with Crippen molar-refractivity contribution in [2.45, 2.75) is 32.6 Å². The summed E-state index contributed by atoms with van der Waals surface area (Å²) in [4.78, 5) is 9.88. The first kappa shape index (κ1) is 18.4. The Kier molecular flexibility index (Phi) is 5.90. The fourth-order valence-electron chi connectivity index (χ4n) is 2.48. The first-order chi connectivity index (χ1) is 10.0. The predicted octanol–water partition coefficient (Wildman–Crippen LogP) is 2.58. The Morgan fingerprint density at radius 1 is 1.23 bits per heavy atom. The second kappa shape index (κ2) is 7.06. The highest BCUT2D eigenvalue weighted by molar-refractivity contribution is 7.89. The summed E-state index contributed by atoms with van der Waals surface area (Å²) in [5.41, 5.74) is -0.0155. The van der Waals surface area contributed by atoms with E-state index in [1.807, 2.05) is 0 Å². The number of primary sulfonamides is 1. The molecule has 124 valence electrons. The number of nitrogens with two attached hydrogens (primary N) is 1. The van der Waals surface area contributed by atoms with E-state index in [-0.39, 0.29) is 10.6 Å². The summed E-state index contributed by atoms with van der Waals surface area (Å²) < 4.78 is 23.3. The molecule has 8 heteroatoms. The van der Waals surface area contributed by atoms with E-state index in [1.54, 1.807) is 0 Å². The van der Waals surface area contributed by atoms with Crippen molar-refractivity contribution in [2.24, 2.45) is 22.9 Å². The molecule has 0 aliphatic carbocycles. The van der Waals surface area contributed by atoms with Gasteiger partial charge in [0.2, 0.25) is 10.0 Å². The summed E-state index contributed by atoms with van der Waals surface area (Å²) in [7, 11) is -4.04. The van der Waals surface area contributed by atoms with E-state index in [0.29, 0.717) is 30.0 Å². The lowest BCUT2D eigenvalue weighted by molar-refractivity contribution is -0.385. The number of anilines is 1. The van der Waals surface area contributed by atoms with Gasteiger partial charge < -0.3 is 5.32 Å². The Hall–Kier alpha value is -1.67. The zero-order valence-corrected chi connectivity index (χ0v) is 14.1. The summed E-state index contributed by atoms with van der Waals surface area (Å²) in [6, 6.07) is 3.63. The average Bonchev–Trinajstić information content (AvgIpc) is 2.36. The molecule has 0 unspecified atom stereocenters. The molecule has 0 aromatic heterocycles. The monoisotopic (exact) mass is 329 g/mol. The molecule has 1 aromatic rings. The van der Waals surface area contributed by atoms with Crippen LogP contribution in [0.1, 0.15) is 27.7 Å². The third-order valence-electron chi connectivity index (χ3n) is 3.72. The standard InChI is InChI=1S/C14H23N3O4S/c1-9(2)12(10(3)4)8-16-13-6-5-11(17(18)19)7-14(13)22(15,20)21/h5-7,9-10,12,16H,8H2,1-4H3,(H2,15,20,21). The number of hydrogen-bond acceptors (Lipinski definition) is 5. The van der Waals surface area contributed by atoms with Crippen molar-refractivity contribution >= 4 is 21.4 Å². The number of nitro benzene ring substituents is 1. The molecule has 0 fully saturated rings. The molecule has 0 radical (unpaired) electrons. The molecule has 22 heavy (non-hydrogen) atoms. The number of hydrogen-bond donors (Lipinski definition) is 2. The van der Waals surface area contributed by atoms with Crippen molar-refractivity contribution in [3.05, 3.63) is 28.3 Å². The van der Waals surface area contributed by atoms with Crippen LogP contribution >= 0.6 is 0 Å². The van der Waals surface area contributed by atoms with Gasteiger partial charge in [0.25, 0.3) is 5.69 Å². The number of nitro groups is 1. The summed E-state index contributed by atoms with van der Waals surface area (Å²) >= 11 is 0. The van der Waals surface area contributed by atoms with Crippen LogP contribution in [0.3, 0.4) is 0 Å². The van der Waals surface area contributed by atoms with Crippen molar-refractivity contribution in [1.29, 1.82) is 0 Å². The van der Waals surface area contributed by atoms with Crippen LogP contribution in [-0.2, 0) is 10.0 Å². The Morgan fingerprint density at radius 2 is 1.77 bits per heavy atom. The van der Waals surface area contributed by atoms with Crippen LogP contribution in [0.25, 0.3) is 0 Å². The van der Waals surface area contributed by atoms with Crippen molar-refractivity contribution in [3.63, 3.8) is 0 Å². The molecule has 0 bridgehead atoms. The summed E-state index contributed by atoms with van der Waals surface area (Å²) in [6.45, 7) is 8.97. The molecule has 1 aromatic carbocycles. The van der Waals surface area contributed by atoms with Crippen molar-refractivity contribution in [2.75, 3.05) is 11.9 Å². The summed E-state index contributed by atoms with van der Waals surface area (Å²) in [5, 5.41) is 19.0. The van der Waals surface area contributed by atoms with Crippen LogP contribution in [0, 0.1) is 27.9 Å². The number of nitrogens with zero attached hydrogens (tertiary/aromatic N) is 1. The fourth-order valence-corrected chi connectivity index (χ4v) is 3.21. The minimum absolute atomic E-state index is 0.257. The highest BCUT2D eigenvalue weighted by Gasteiger charge is 2.21. The topological polar surface area (TPSA) is 115 Å². The van der Waals surface area contributed by atoms with Crippen molar-refractivity contribution < 1.29 is 13.3 Å². The maximum Gasteiger partial charge on any atom is 0.270 e. The van der Waals surface area contributed by atoms with Gasteiger partial charge in [0.05, 0.1) is 10.6 Å². The van der Waals surface area contributed by atoms with Crippen LogP contribution < -0.4 is 10.5 Å². The van der Waals surface area contributed by atoms with E-state index in [9.17, 15) is 18.5 Å². The molecule has 3 N–H and O–H groups in total. The van der Waals surface area contributed by atoms with Gasteiger partial charge in [-0.2, -0.15) is 0 Å². The van der Waals surface area contributed by atoms with Gasteiger partial charge in [-0.3, -0.25) is 10.1 Å². The van der Waals surface area contributed by atoms with Gasteiger partial charge in [0.1, 0.15) is 4.90 Å². The zero-order chi connectivity index (χ0) is 17.1. The minimum Gasteiger partial charge on any atom is -0.384 e. The molecule has 0 amide bonds. The van der Waals surface area contributed by atoms with Gasteiger partial charge >= 0.3 is 0 Å². The fraction of sp³-hybridized carbons (Fsp3) is 0.571. The maximum absolute atomic E-state index is 11.7. The second-order valence-corrected chi connectivity index (χ2v) is 7.55. The third-order valence-corrected chi connectivity index (χ3v) is 4.67. The van der Waals surface area contributed by atoms with Crippen LogP contribution in [0.15, 0.2) is 23.1 Å². The summed E-state index contributed by atoms with van der Waals surface area (Å²) in [5.74, 6) is 1.18. The quantitative estimate of drug-likeness (QED) is 0.589. The van der Waals surface area contributed by atoms with Gasteiger partial charge in [-0.15, -0.1) is 0 Å². The van der Waals surface area contributed by atoms with Crippen LogP contribution in [0.2, 0.25) is 0 Å².